The highest BCUT2D eigenvalue weighted by atomic mass is 35.5. The number of nitrogens with zero attached hydrogens (tertiary/aromatic N) is 1. The van der Waals surface area contributed by atoms with Crippen molar-refractivity contribution in [3.05, 3.63) is 63.6 Å². The number of nitrogens with one attached hydrogen (secondary N) is 1. The van der Waals surface area contributed by atoms with E-state index in [1.54, 1.807) is 13.8 Å². The molecule has 1 N–H and O–H groups in total. The molecule has 168 valence electrons. The first-order chi connectivity index (χ1) is 14.7. The van der Waals surface area contributed by atoms with Gasteiger partial charge in [0.05, 0.1) is 40.0 Å². The molecule has 0 aliphatic carbocycles. The molecule has 0 saturated carbocycles. The Hall–Kier alpha value is -1.64. The zero-order chi connectivity index (χ0) is 22.6. The lowest BCUT2D eigenvalue weighted by Gasteiger charge is -2.35. The third kappa shape index (κ3) is 5.79. The minimum absolute atomic E-state index is 0.0773. The zero-order valence-corrected chi connectivity index (χ0v) is 19.8. The second-order valence-corrected chi connectivity index (χ2v) is 11.0. The van der Waals surface area contributed by atoms with Gasteiger partial charge in [-0.05, 0) is 49.7 Å². The second-order valence-electron chi connectivity index (χ2n) is 7.66. The van der Waals surface area contributed by atoms with Gasteiger partial charge in [-0.15, -0.1) is 0 Å². The summed E-state index contributed by atoms with van der Waals surface area (Å²) in [5, 5.41) is 3.17. The van der Waals surface area contributed by atoms with E-state index in [2.05, 4.69) is 10.2 Å². The predicted octanol–water partition coefficient (Wildman–Crippen LogP) is 3.98. The van der Waals surface area contributed by atoms with Gasteiger partial charge in [-0.3, -0.25) is 9.69 Å². The number of hydrogen-bond acceptors (Lipinski definition) is 5. The number of amides is 1. The Morgan fingerprint density at radius 1 is 1.10 bits per heavy atom. The maximum Gasteiger partial charge on any atom is 0.252 e. The van der Waals surface area contributed by atoms with Crippen molar-refractivity contribution in [2.45, 2.75) is 30.0 Å². The summed E-state index contributed by atoms with van der Waals surface area (Å²) in [6, 6.07) is 11.7. The van der Waals surface area contributed by atoms with Gasteiger partial charge in [-0.25, -0.2) is 8.42 Å². The summed E-state index contributed by atoms with van der Waals surface area (Å²) in [5.74, 6) is -0.418. The third-order valence-electron chi connectivity index (χ3n) is 5.33. The van der Waals surface area contributed by atoms with E-state index in [4.69, 9.17) is 27.9 Å². The number of hydrogen-bond donors (Lipinski definition) is 1. The van der Waals surface area contributed by atoms with Gasteiger partial charge in [-0.1, -0.05) is 35.3 Å². The van der Waals surface area contributed by atoms with Crippen molar-refractivity contribution in [3.8, 4) is 0 Å². The van der Waals surface area contributed by atoms with Crippen molar-refractivity contribution in [1.29, 1.82) is 0 Å². The van der Waals surface area contributed by atoms with E-state index in [1.165, 1.54) is 18.2 Å². The normalized spacial score (nSPS) is 16.3. The van der Waals surface area contributed by atoms with Gasteiger partial charge in [0.1, 0.15) is 0 Å². The molecule has 1 unspecified atom stereocenters. The lowest BCUT2D eigenvalue weighted by atomic mass is 10.0. The summed E-state index contributed by atoms with van der Waals surface area (Å²) in [4.78, 5) is 15.3. The molecule has 1 heterocycles. The number of carbonyl (C=O) groups excluding carboxylic acids is 1. The smallest absolute Gasteiger partial charge is 0.252 e. The van der Waals surface area contributed by atoms with Gasteiger partial charge >= 0.3 is 0 Å². The van der Waals surface area contributed by atoms with Crippen molar-refractivity contribution >= 4 is 38.9 Å². The lowest BCUT2D eigenvalue weighted by Crippen LogP contribution is -2.43. The molecule has 1 saturated heterocycles. The predicted molar refractivity (Wildman–Crippen MR) is 123 cm³/mol. The molecule has 2 aromatic rings. The highest BCUT2D eigenvalue weighted by Gasteiger charge is 2.25. The molecule has 0 bridgehead atoms. The standard InChI is InChI=1S/C22H26Cl2N2O4S/c1-15(2)31(28,29)18-7-8-20(24)19(13-18)22(27)25-14-21(26-9-11-30-12-10-26)16-3-5-17(23)6-4-16/h3-8,13,15,21H,9-12,14H2,1-2H3,(H,25,27). The first kappa shape index (κ1) is 24.0. The number of halogens is 2. The zero-order valence-electron chi connectivity index (χ0n) is 17.5. The number of rotatable bonds is 7. The molecule has 1 aliphatic rings. The molecular weight excluding hydrogens is 459 g/mol. The van der Waals surface area contributed by atoms with Crippen LogP contribution in [-0.4, -0.2) is 57.3 Å². The van der Waals surface area contributed by atoms with E-state index in [0.29, 0.717) is 24.8 Å². The third-order valence-corrected chi connectivity index (χ3v) is 8.06. The van der Waals surface area contributed by atoms with Crippen molar-refractivity contribution < 1.29 is 17.9 Å². The van der Waals surface area contributed by atoms with E-state index in [0.717, 1.165) is 18.7 Å². The molecule has 6 nitrogen and oxygen atoms in total. The fourth-order valence-corrected chi connectivity index (χ4v) is 4.86. The van der Waals surface area contributed by atoms with Gasteiger partial charge in [0.25, 0.3) is 5.91 Å². The van der Waals surface area contributed by atoms with Crippen LogP contribution in [0.25, 0.3) is 0 Å². The molecule has 1 amide bonds. The van der Waals surface area contributed by atoms with Gasteiger partial charge in [-0.2, -0.15) is 0 Å². The Morgan fingerprint density at radius 2 is 1.74 bits per heavy atom. The van der Waals surface area contributed by atoms with Crippen LogP contribution in [0.4, 0.5) is 0 Å². The van der Waals surface area contributed by atoms with E-state index in [9.17, 15) is 13.2 Å². The Morgan fingerprint density at radius 3 is 2.35 bits per heavy atom. The molecule has 0 radical (unpaired) electrons. The summed E-state index contributed by atoms with van der Waals surface area (Å²) >= 11 is 12.3. The van der Waals surface area contributed by atoms with Crippen LogP contribution in [0.5, 0.6) is 0 Å². The fraction of sp³-hybridized carbons (Fsp3) is 0.409. The van der Waals surface area contributed by atoms with E-state index < -0.39 is 21.0 Å². The summed E-state index contributed by atoms with van der Waals surface area (Å²) in [5.41, 5.74) is 1.16. The topological polar surface area (TPSA) is 75.7 Å². The molecule has 2 aromatic carbocycles. The van der Waals surface area contributed by atoms with Crippen LogP contribution in [0.15, 0.2) is 47.4 Å². The molecule has 9 heteroatoms. The van der Waals surface area contributed by atoms with Crippen LogP contribution < -0.4 is 5.32 Å². The molecule has 1 aliphatic heterocycles. The van der Waals surface area contributed by atoms with Gasteiger partial charge < -0.3 is 10.1 Å². The summed E-state index contributed by atoms with van der Waals surface area (Å²) in [6.07, 6.45) is 0. The maximum atomic E-state index is 12.9. The van der Waals surface area contributed by atoms with Crippen LogP contribution in [0.1, 0.15) is 35.8 Å². The summed E-state index contributed by atoms with van der Waals surface area (Å²) < 4.78 is 30.5. The average molecular weight is 485 g/mol. The van der Waals surface area contributed by atoms with Crippen molar-refractivity contribution in [3.63, 3.8) is 0 Å². The molecule has 0 aromatic heterocycles. The van der Waals surface area contributed by atoms with Crippen molar-refractivity contribution in [1.82, 2.24) is 10.2 Å². The number of morpholine rings is 1. The fourth-order valence-electron chi connectivity index (χ4n) is 3.44. The number of carbonyl (C=O) groups is 1. The maximum absolute atomic E-state index is 12.9. The Labute approximate surface area is 193 Å². The molecule has 3 rings (SSSR count). The van der Waals surface area contributed by atoms with Gasteiger partial charge in [0.15, 0.2) is 9.84 Å². The molecule has 0 spiro atoms. The minimum Gasteiger partial charge on any atom is -0.379 e. The second kappa shape index (κ2) is 10.3. The van der Waals surface area contributed by atoms with Crippen LogP contribution in [-0.2, 0) is 14.6 Å². The first-order valence-corrected chi connectivity index (χ1v) is 12.4. The first-order valence-electron chi connectivity index (χ1n) is 10.1. The Balaban J connectivity index is 1.81. The Kier molecular flexibility index (Phi) is 7.99. The monoisotopic (exact) mass is 484 g/mol. The number of benzene rings is 2. The van der Waals surface area contributed by atoms with Crippen LogP contribution in [0, 0.1) is 0 Å². The molecule has 1 fully saturated rings. The van der Waals surface area contributed by atoms with Crippen LogP contribution in [0.3, 0.4) is 0 Å². The van der Waals surface area contributed by atoms with Crippen LogP contribution >= 0.6 is 23.2 Å². The average Bonchev–Trinajstić information content (AvgIpc) is 2.75. The highest BCUT2D eigenvalue weighted by molar-refractivity contribution is 7.92. The number of ether oxygens (including phenoxy) is 1. The van der Waals surface area contributed by atoms with E-state index in [1.807, 2.05) is 24.3 Å². The van der Waals surface area contributed by atoms with E-state index >= 15 is 0 Å². The Bertz CT molecular complexity index is 1020. The van der Waals surface area contributed by atoms with E-state index in [-0.39, 0.29) is 21.5 Å². The van der Waals surface area contributed by atoms with Gasteiger partial charge in [0.2, 0.25) is 0 Å². The SMILES string of the molecule is CC(C)S(=O)(=O)c1ccc(Cl)c(C(=O)NCC(c2ccc(Cl)cc2)N2CCOCC2)c1. The lowest BCUT2D eigenvalue weighted by molar-refractivity contribution is 0.0162. The minimum atomic E-state index is -3.52. The molecule has 31 heavy (non-hydrogen) atoms. The van der Waals surface area contributed by atoms with Gasteiger partial charge in [0, 0.05) is 24.7 Å². The molecular formula is C22H26Cl2N2O4S. The number of sulfone groups is 1. The largest absolute Gasteiger partial charge is 0.379 e. The summed E-state index contributed by atoms with van der Waals surface area (Å²) in [6.45, 7) is 6.26. The van der Waals surface area contributed by atoms with Crippen molar-refractivity contribution in [2.24, 2.45) is 0 Å². The van der Waals surface area contributed by atoms with Crippen molar-refractivity contribution in [2.75, 3.05) is 32.8 Å². The summed E-state index contributed by atoms with van der Waals surface area (Å²) in [7, 11) is -3.52. The highest BCUT2D eigenvalue weighted by Crippen LogP contribution is 2.25. The molecule has 1 atom stereocenters. The quantitative estimate of drug-likeness (QED) is 0.642. The van der Waals surface area contributed by atoms with Crippen LogP contribution in [0.2, 0.25) is 10.0 Å².